The smallest absolute Gasteiger partial charge is 0.267 e. The standard InChI is InChI=1S/C19H17ClN2O2S2/c1-12-3-6-14(10-16(12)20)21-11-22-18(23)17(26-19(22)25)9-13-4-7-15(24-2)8-5-13/h3-10,21H,11H2,1-2H3. The molecular formula is C19H17ClN2O2S2. The van der Waals surface area contributed by atoms with Crippen LogP contribution in [-0.2, 0) is 4.79 Å². The SMILES string of the molecule is COc1ccc(C=C2SC(=S)N(CNc3ccc(C)c(Cl)c3)C2=O)cc1. The van der Waals surface area contributed by atoms with Gasteiger partial charge in [-0.15, -0.1) is 0 Å². The van der Waals surface area contributed by atoms with E-state index < -0.39 is 0 Å². The molecule has 0 radical (unpaired) electrons. The van der Waals surface area contributed by atoms with Crippen molar-refractivity contribution in [2.75, 3.05) is 19.1 Å². The molecule has 0 atom stereocenters. The number of rotatable bonds is 5. The zero-order valence-electron chi connectivity index (χ0n) is 14.3. The first-order valence-electron chi connectivity index (χ1n) is 7.87. The summed E-state index contributed by atoms with van der Waals surface area (Å²) in [6.45, 7) is 2.24. The maximum Gasteiger partial charge on any atom is 0.267 e. The van der Waals surface area contributed by atoms with Crippen LogP contribution in [0, 0.1) is 6.92 Å². The van der Waals surface area contributed by atoms with Gasteiger partial charge in [-0.05, 0) is 48.4 Å². The quantitative estimate of drug-likeness (QED) is 0.565. The van der Waals surface area contributed by atoms with E-state index in [1.165, 1.54) is 11.8 Å². The number of carbonyl (C=O) groups excluding carboxylic acids is 1. The number of hydrogen-bond donors (Lipinski definition) is 1. The summed E-state index contributed by atoms with van der Waals surface area (Å²) < 4.78 is 5.67. The van der Waals surface area contributed by atoms with E-state index in [2.05, 4.69) is 5.32 Å². The number of thiocarbonyl (C=S) groups is 1. The summed E-state index contributed by atoms with van der Waals surface area (Å²) in [7, 11) is 1.62. The topological polar surface area (TPSA) is 41.6 Å². The number of halogens is 1. The second-order valence-electron chi connectivity index (χ2n) is 5.68. The number of methoxy groups -OCH3 is 1. The van der Waals surface area contributed by atoms with E-state index in [9.17, 15) is 4.79 Å². The summed E-state index contributed by atoms with van der Waals surface area (Å²) >= 11 is 12.8. The number of amides is 1. The molecule has 0 saturated carbocycles. The minimum atomic E-state index is -0.110. The number of benzene rings is 2. The molecule has 2 aromatic rings. The van der Waals surface area contributed by atoms with Crippen molar-refractivity contribution in [3.8, 4) is 5.75 Å². The molecule has 0 aromatic heterocycles. The van der Waals surface area contributed by atoms with Gasteiger partial charge >= 0.3 is 0 Å². The van der Waals surface area contributed by atoms with Crippen LogP contribution in [0.2, 0.25) is 5.02 Å². The molecule has 2 aromatic carbocycles. The van der Waals surface area contributed by atoms with Crippen LogP contribution in [0.4, 0.5) is 5.69 Å². The van der Waals surface area contributed by atoms with Crippen LogP contribution in [-0.4, -0.2) is 28.9 Å². The molecule has 1 amide bonds. The van der Waals surface area contributed by atoms with E-state index in [1.807, 2.05) is 55.5 Å². The van der Waals surface area contributed by atoms with E-state index in [4.69, 9.17) is 28.6 Å². The number of hydrogen-bond acceptors (Lipinski definition) is 5. The van der Waals surface area contributed by atoms with Crippen molar-refractivity contribution in [3.05, 3.63) is 63.5 Å². The number of nitrogens with one attached hydrogen (secondary N) is 1. The lowest BCUT2D eigenvalue weighted by Crippen LogP contribution is -2.33. The average molecular weight is 405 g/mol. The number of aryl methyl sites for hydroxylation is 1. The van der Waals surface area contributed by atoms with Crippen LogP contribution < -0.4 is 10.1 Å². The highest BCUT2D eigenvalue weighted by atomic mass is 35.5. The van der Waals surface area contributed by atoms with Gasteiger partial charge in [-0.25, -0.2) is 0 Å². The maximum atomic E-state index is 12.6. The van der Waals surface area contributed by atoms with Crippen molar-refractivity contribution in [3.63, 3.8) is 0 Å². The van der Waals surface area contributed by atoms with E-state index in [-0.39, 0.29) is 5.91 Å². The maximum absolute atomic E-state index is 12.6. The predicted molar refractivity (Wildman–Crippen MR) is 113 cm³/mol. The van der Waals surface area contributed by atoms with Gasteiger partial charge in [0.1, 0.15) is 10.1 Å². The van der Waals surface area contributed by atoms with Crippen molar-refractivity contribution in [1.82, 2.24) is 4.90 Å². The number of anilines is 1. The Balaban J connectivity index is 1.69. The Morgan fingerprint density at radius 2 is 2.00 bits per heavy atom. The van der Waals surface area contributed by atoms with Crippen molar-refractivity contribution in [2.45, 2.75) is 6.92 Å². The molecule has 134 valence electrons. The first-order valence-corrected chi connectivity index (χ1v) is 9.47. The molecule has 0 unspecified atom stereocenters. The summed E-state index contributed by atoms with van der Waals surface area (Å²) in [5.41, 5.74) is 2.77. The van der Waals surface area contributed by atoms with Gasteiger partial charge in [0.15, 0.2) is 0 Å². The molecule has 0 aliphatic carbocycles. The number of nitrogens with zero attached hydrogens (tertiary/aromatic N) is 1. The third kappa shape index (κ3) is 4.20. The molecule has 26 heavy (non-hydrogen) atoms. The fourth-order valence-corrected chi connectivity index (χ4v) is 3.80. The molecule has 3 rings (SSSR count). The summed E-state index contributed by atoms with van der Waals surface area (Å²) in [5, 5.41) is 3.87. The number of ether oxygens (including phenoxy) is 1. The molecule has 4 nitrogen and oxygen atoms in total. The lowest BCUT2D eigenvalue weighted by atomic mass is 10.2. The van der Waals surface area contributed by atoms with Crippen LogP contribution >= 0.6 is 35.6 Å². The summed E-state index contributed by atoms with van der Waals surface area (Å²) in [6.07, 6.45) is 1.83. The Morgan fingerprint density at radius 3 is 2.65 bits per heavy atom. The van der Waals surface area contributed by atoms with Crippen molar-refractivity contribution in [2.24, 2.45) is 0 Å². The summed E-state index contributed by atoms with van der Waals surface area (Å²) in [5.74, 6) is 0.664. The third-order valence-electron chi connectivity index (χ3n) is 3.90. The van der Waals surface area contributed by atoms with Gasteiger partial charge in [-0.3, -0.25) is 9.69 Å². The normalized spacial score (nSPS) is 15.7. The molecule has 1 aliphatic rings. The highest BCUT2D eigenvalue weighted by Crippen LogP contribution is 2.32. The van der Waals surface area contributed by atoms with Gasteiger partial charge in [-0.2, -0.15) is 0 Å². The average Bonchev–Trinajstić information content (AvgIpc) is 2.90. The molecule has 1 heterocycles. The van der Waals surface area contributed by atoms with Gasteiger partial charge in [0.2, 0.25) is 0 Å². The number of thioether (sulfide) groups is 1. The molecule has 0 spiro atoms. The Bertz CT molecular complexity index is 882. The minimum Gasteiger partial charge on any atom is -0.497 e. The molecule has 1 aliphatic heterocycles. The van der Waals surface area contributed by atoms with Gasteiger partial charge in [0.25, 0.3) is 5.91 Å². The molecular weight excluding hydrogens is 388 g/mol. The molecule has 0 bridgehead atoms. The Morgan fingerprint density at radius 1 is 1.27 bits per heavy atom. The van der Waals surface area contributed by atoms with Crippen LogP contribution in [0.1, 0.15) is 11.1 Å². The Labute approximate surface area is 167 Å². The highest BCUT2D eigenvalue weighted by Gasteiger charge is 2.31. The van der Waals surface area contributed by atoms with Crippen LogP contribution in [0.5, 0.6) is 5.75 Å². The number of carbonyl (C=O) groups is 1. The van der Waals surface area contributed by atoms with E-state index in [0.29, 0.717) is 20.9 Å². The summed E-state index contributed by atoms with van der Waals surface area (Å²) in [6, 6.07) is 13.2. The largest absolute Gasteiger partial charge is 0.497 e. The predicted octanol–water partition coefficient (Wildman–Crippen LogP) is 4.93. The Hall–Kier alpha value is -2.02. The van der Waals surface area contributed by atoms with Gasteiger partial charge in [-0.1, -0.05) is 53.8 Å². The highest BCUT2D eigenvalue weighted by molar-refractivity contribution is 8.26. The molecule has 1 saturated heterocycles. The van der Waals surface area contributed by atoms with Crippen molar-refractivity contribution in [1.29, 1.82) is 0 Å². The second kappa shape index (κ2) is 8.12. The molecule has 1 fully saturated rings. The van der Waals surface area contributed by atoms with Gasteiger partial charge < -0.3 is 10.1 Å². The van der Waals surface area contributed by atoms with E-state index in [0.717, 1.165) is 22.6 Å². The molecule has 7 heteroatoms. The fraction of sp³-hybridized carbons (Fsp3) is 0.158. The lowest BCUT2D eigenvalue weighted by molar-refractivity contribution is -0.121. The second-order valence-corrected chi connectivity index (χ2v) is 7.76. The van der Waals surface area contributed by atoms with Crippen LogP contribution in [0.3, 0.4) is 0 Å². The van der Waals surface area contributed by atoms with Crippen molar-refractivity contribution < 1.29 is 9.53 Å². The lowest BCUT2D eigenvalue weighted by Gasteiger charge is -2.16. The fourth-order valence-electron chi connectivity index (χ4n) is 2.36. The van der Waals surface area contributed by atoms with Crippen molar-refractivity contribution >= 4 is 57.6 Å². The van der Waals surface area contributed by atoms with Crippen LogP contribution in [0.15, 0.2) is 47.4 Å². The monoisotopic (exact) mass is 404 g/mol. The first kappa shape index (κ1) is 18.8. The van der Waals surface area contributed by atoms with E-state index >= 15 is 0 Å². The van der Waals surface area contributed by atoms with Gasteiger partial charge in [0, 0.05) is 10.7 Å². The zero-order chi connectivity index (χ0) is 18.7. The summed E-state index contributed by atoms with van der Waals surface area (Å²) in [4.78, 5) is 14.8. The third-order valence-corrected chi connectivity index (χ3v) is 5.69. The van der Waals surface area contributed by atoms with E-state index in [1.54, 1.807) is 12.0 Å². The minimum absolute atomic E-state index is 0.110. The first-order chi connectivity index (χ1) is 12.5. The zero-order valence-corrected chi connectivity index (χ0v) is 16.7. The van der Waals surface area contributed by atoms with Gasteiger partial charge in [0.05, 0.1) is 18.7 Å². The Kier molecular flexibility index (Phi) is 5.86. The molecule has 1 N–H and O–H groups in total. The van der Waals surface area contributed by atoms with Crippen LogP contribution in [0.25, 0.3) is 6.08 Å².